The third-order valence-corrected chi connectivity index (χ3v) is 4.89. The quantitative estimate of drug-likeness (QED) is 0.345. The zero-order valence-electron chi connectivity index (χ0n) is 16.5. The molecule has 30 heavy (non-hydrogen) atoms. The zero-order valence-corrected chi connectivity index (χ0v) is 18.0. The number of amides is 2. The SMILES string of the molecule is Cc1ccc(NCC(=O)NNC(=O)Cn2c(-c3ccc(Cl)cc3)n[nH]c2=S)c(C)c1. The number of anilines is 1. The van der Waals surface area contributed by atoms with Gasteiger partial charge in [0, 0.05) is 16.3 Å². The zero-order chi connectivity index (χ0) is 21.7. The summed E-state index contributed by atoms with van der Waals surface area (Å²) in [7, 11) is 0. The van der Waals surface area contributed by atoms with Crippen LogP contribution < -0.4 is 16.2 Å². The number of aromatic nitrogens is 3. The van der Waals surface area contributed by atoms with Crippen LogP contribution in [-0.4, -0.2) is 33.1 Å². The molecule has 0 aliphatic rings. The van der Waals surface area contributed by atoms with Crippen LogP contribution in [0.1, 0.15) is 11.1 Å². The Hall–Kier alpha value is -3.17. The summed E-state index contributed by atoms with van der Waals surface area (Å²) in [6.07, 6.45) is 0. The van der Waals surface area contributed by atoms with Crippen molar-refractivity contribution in [1.29, 1.82) is 0 Å². The molecule has 0 saturated carbocycles. The Labute approximate surface area is 183 Å². The Morgan fingerprint density at radius 2 is 1.80 bits per heavy atom. The molecule has 0 radical (unpaired) electrons. The van der Waals surface area contributed by atoms with Crippen LogP contribution in [0.25, 0.3) is 11.4 Å². The molecular formula is C20H21ClN6O2S. The van der Waals surface area contributed by atoms with Gasteiger partial charge in [-0.05, 0) is 62.0 Å². The van der Waals surface area contributed by atoms with Crippen molar-refractivity contribution in [2.75, 3.05) is 11.9 Å². The fraction of sp³-hybridized carbons (Fsp3) is 0.200. The number of nitrogens with one attached hydrogen (secondary N) is 4. The van der Waals surface area contributed by atoms with Gasteiger partial charge in [-0.25, -0.2) is 0 Å². The van der Waals surface area contributed by atoms with E-state index in [1.807, 2.05) is 32.0 Å². The van der Waals surface area contributed by atoms with Crippen LogP contribution in [-0.2, 0) is 16.1 Å². The van der Waals surface area contributed by atoms with Crippen LogP contribution in [0, 0.1) is 18.6 Å². The van der Waals surface area contributed by atoms with E-state index in [9.17, 15) is 9.59 Å². The van der Waals surface area contributed by atoms with Crippen molar-refractivity contribution < 1.29 is 9.59 Å². The fourth-order valence-electron chi connectivity index (χ4n) is 2.84. The number of halogens is 1. The van der Waals surface area contributed by atoms with Crippen LogP contribution in [0.5, 0.6) is 0 Å². The van der Waals surface area contributed by atoms with Crippen LogP contribution in [0.2, 0.25) is 5.02 Å². The molecule has 2 aromatic carbocycles. The number of aryl methyl sites for hydroxylation is 2. The molecule has 3 aromatic rings. The van der Waals surface area contributed by atoms with Crippen LogP contribution in [0.3, 0.4) is 0 Å². The maximum atomic E-state index is 12.3. The summed E-state index contributed by atoms with van der Waals surface area (Å²) in [5, 5.41) is 10.5. The van der Waals surface area contributed by atoms with E-state index in [2.05, 4.69) is 26.4 Å². The molecule has 0 bridgehead atoms. The highest BCUT2D eigenvalue weighted by Gasteiger charge is 2.13. The number of carbonyl (C=O) groups is 2. The first-order chi connectivity index (χ1) is 14.3. The number of rotatable bonds is 6. The third-order valence-electron chi connectivity index (χ3n) is 4.33. The summed E-state index contributed by atoms with van der Waals surface area (Å²) in [5.41, 5.74) is 8.57. The second kappa shape index (κ2) is 9.55. The Morgan fingerprint density at radius 3 is 2.50 bits per heavy atom. The lowest BCUT2D eigenvalue weighted by Gasteiger charge is -2.12. The molecule has 2 amide bonds. The lowest BCUT2D eigenvalue weighted by atomic mass is 10.1. The van der Waals surface area contributed by atoms with Gasteiger partial charge in [-0.2, -0.15) is 5.10 Å². The van der Waals surface area contributed by atoms with E-state index in [4.69, 9.17) is 23.8 Å². The molecule has 1 heterocycles. The minimum absolute atomic E-state index is 0.0192. The Balaban J connectivity index is 1.55. The highest BCUT2D eigenvalue weighted by Crippen LogP contribution is 2.20. The van der Waals surface area contributed by atoms with E-state index in [1.54, 1.807) is 24.3 Å². The molecular weight excluding hydrogens is 424 g/mol. The predicted octanol–water partition coefficient (Wildman–Crippen LogP) is 3.14. The summed E-state index contributed by atoms with van der Waals surface area (Å²) >= 11 is 11.1. The average molecular weight is 445 g/mol. The van der Waals surface area contributed by atoms with Crippen LogP contribution in [0.4, 0.5) is 5.69 Å². The van der Waals surface area contributed by atoms with E-state index in [1.165, 1.54) is 4.57 Å². The van der Waals surface area contributed by atoms with Crippen molar-refractivity contribution in [3.8, 4) is 11.4 Å². The number of carbonyl (C=O) groups excluding carboxylic acids is 2. The van der Waals surface area contributed by atoms with Gasteiger partial charge in [0.25, 0.3) is 11.8 Å². The summed E-state index contributed by atoms with van der Waals surface area (Å²) in [6, 6.07) is 12.9. The number of hydrogen-bond acceptors (Lipinski definition) is 5. The minimum atomic E-state index is -0.442. The monoisotopic (exact) mass is 444 g/mol. The van der Waals surface area contributed by atoms with Crippen molar-refractivity contribution >= 4 is 41.3 Å². The molecule has 1 aromatic heterocycles. The molecule has 0 spiro atoms. The number of hydrogen-bond donors (Lipinski definition) is 4. The number of nitrogens with zero attached hydrogens (tertiary/aromatic N) is 2. The first-order valence-corrected chi connectivity index (χ1v) is 9.92. The first kappa shape index (κ1) is 21.5. The van der Waals surface area contributed by atoms with Gasteiger partial charge in [0.1, 0.15) is 6.54 Å². The maximum Gasteiger partial charge on any atom is 0.258 e. The van der Waals surface area contributed by atoms with Gasteiger partial charge in [-0.3, -0.25) is 30.1 Å². The number of H-pyrrole nitrogens is 1. The van der Waals surface area contributed by atoms with E-state index < -0.39 is 5.91 Å². The smallest absolute Gasteiger partial charge is 0.258 e. The van der Waals surface area contributed by atoms with Gasteiger partial charge in [0.15, 0.2) is 10.6 Å². The normalized spacial score (nSPS) is 10.5. The number of aromatic amines is 1. The van der Waals surface area contributed by atoms with Crippen molar-refractivity contribution in [3.05, 3.63) is 63.4 Å². The molecule has 0 saturated heterocycles. The molecule has 0 unspecified atom stereocenters. The molecule has 0 atom stereocenters. The minimum Gasteiger partial charge on any atom is -0.376 e. The lowest BCUT2D eigenvalue weighted by molar-refractivity contribution is -0.128. The van der Waals surface area contributed by atoms with E-state index in [0.717, 1.165) is 22.4 Å². The first-order valence-electron chi connectivity index (χ1n) is 9.13. The summed E-state index contributed by atoms with van der Waals surface area (Å²) in [5.74, 6) is -0.325. The molecule has 8 nitrogen and oxygen atoms in total. The molecule has 0 aliphatic carbocycles. The van der Waals surface area contributed by atoms with Gasteiger partial charge in [0.05, 0.1) is 6.54 Å². The van der Waals surface area contributed by atoms with E-state index >= 15 is 0 Å². The lowest BCUT2D eigenvalue weighted by Crippen LogP contribution is -2.45. The third kappa shape index (κ3) is 5.46. The van der Waals surface area contributed by atoms with Gasteiger partial charge >= 0.3 is 0 Å². The second-order valence-corrected chi connectivity index (χ2v) is 7.54. The Kier molecular flexibility index (Phi) is 6.86. The van der Waals surface area contributed by atoms with Crippen molar-refractivity contribution in [2.24, 2.45) is 0 Å². The average Bonchev–Trinajstić information content (AvgIpc) is 3.06. The van der Waals surface area contributed by atoms with Crippen molar-refractivity contribution in [3.63, 3.8) is 0 Å². The molecule has 10 heteroatoms. The summed E-state index contributed by atoms with van der Waals surface area (Å²) < 4.78 is 1.83. The molecule has 4 N–H and O–H groups in total. The van der Waals surface area contributed by atoms with Crippen LogP contribution >= 0.6 is 23.8 Å². The number of hydrazine groups is 1. The maximum absolute atomic E-state index is 12.3. The highest BCUT2D eigenvalue weighted by molar-refractivity contribution is 7.71. The summed E-state index contributed by atoms with van der Waals surface area (Å²) in [4.78, 5) is 24.3. The van der Waals surface area contributed by atoms with Gasteiger partial charge in [0.2, 0.25) is 0 Å². The van der Waals surface area contributed by atoms with Crippen molar-refractivity contribution in [1.82, 2.24) is 25.6 Å². The Bertz CT molecular complexity index is 1120. The predicted molar refractivity (Wildman–Crippen MR) is 119 cm³/mol. The number of benzene rings is 2. The highest BCUT2D eigenvalue weighted by atomic mass is 35.5. The molecule has 0 fully saturated rings. The molecule has 3 rings (SSSR count). The largest absolute Gasteiger partial charge is 0.376 e. The Morgan fingerprint density at radius 1 is 1.10 bits per heavy atom. The van der Waals surface area contributed by atoms with Gasteiger partial charge in [-0.1, -0.05) is 29.3 Å². The molecule has 156 valence electrons. The second-order valence-electron chi connectivity index (χ2n) is 6.71. The topological polar surface area (TPSA) is 104 Å². The van der Waals surface area contributed by atoms with Crippen molar-refractivity contribution in [2.45, 2.75) is 20.4 Å². The standard InChI is InChI=1S/C20H21ClN6O2S/c1-12-3-8-16(13(2)9-12)22-10-17(28)23-24-18(29)11-27-19(25-26-20(27)30)14-4-6-15(21)7-5-14/h3-9,22H,10-11H2,1-2H3,(H,23,28)(H,24,29)(H,26,30). The van der Waals surface area contributed by atoms with Gasteiger partial charge in [-0.15, -0.1) is 0 Å². The van der Waals surface area contributed by atoms with E-state index in [-0.39, 0.29) is 23.8 Å². The fourth-order valence-corrected chi connectivity index (χ4v) is 3.16. The van der Waals surface area contributed by atoms with Crippen LogP contribution in [0.15, 0.2) is 42.5 Å². The van der Waals surface area contributed by atoms with E-state index in [0.29, 0.717) is 10.8 Å². The summed E-state index contributed by atoms with van der Waals surface area (Å²) in [6.45, 7) is 3.87. The molecule has 0 aliphatic heterocycles. The van der Waals surface area contributed by atoms with Gasteiger partial charge < -0.3 is 5.32 Å².